The van der Waals surface area contributed by atoms with Gasteiger partial charge in [-0.2, -0.15) is 0 Å². The van der Waals surface area contributed by atoms with E-state index >= 15 is 0 Å². The predicted molar refractivity (Wildman–Crippen MR) is 83.9 cm³/mol. The Hall–Kier alpha value is -0.570. The normalized spacial score (nSPS) is 42.7. The van der Waals surface area contributed by atoms with Crippen LogP contribution in [0.4, 0.5) is 0 Å². The minimum Gasteiger partial charge on any atom is -0.338 e. The van der Waals surface area contributed by atoms with Crippen molar-refractivity contribution in [2.24, 2.45) is 17.8 Å². The van der Waals surface area contributed by atoms with Crippen LogP contribution in [0.2, 0.25) is 0 Å². The molecule has 5 atom stereocenters. The van der Waals surface area contributed by atoms with Gasteiger partial charge in [0.05, 0.1) is 0 Å². The highest BCUT2D eigenvalue weighted by molar-refractivity contribution is 5.77. The number of rotatable bonds is 3. The fourth-order valence-corrected chi connectivity index (χ4v) is 5.69. The molecule has 3 nitrogen and oxygen atoms in total. The van der Waals surface area contributed by atoms with Gasteiger partial charge in [0.15, 0.2) is 0 Å². The zero-order chi connectivity index (χ0) is 14.2. The second-order valence-electron chi connectivity index (χ2n) is 7.99. The van der Waals surface area contributed by atoms with E-state index in [1.165, 1.54) is 57.8 Å². The first-order valence-corrected chi connectivity index (χ1v) is 9.34. The molecule has 2 heterocycles. The van der Waals surface area contributed by atoms with E-state index in [1.54, 1.807) is 0 Å². The summed E-state index contributed by atoms with van der Waals surface area (Å²) in [7, 11) is 0. The Balaban J connectivity index is 1.39. The molecule has 2 bridgehead atoms. The fourth-order valence-electron chi connectivity index (χ4n) is 5.69. The molecule has 0 aromatic carbocycles. The van der Waals surface area contributed by atoms with Crippen molar-refractivity contribution >= 4 is 5.91 Å². The largest absolute Gasteiger partial charge is 0.338 e. The van der Waals surface area contributed by atoms with Gasteiger partial charge >= 0.3 is 0 Å². The second-order valence-corrected chi connectivity index (χ2v) is 7.99. The van der Waals surface area contributed by atoms with Crippen LogP contribution in [-0.4, -0.2) is 36.0 Å². The molecule has 5 unspecified atom stereocenters. The van der Waals surface area contributed by atoms with Crippen LogP contribution in [-0.2, 0) is 4.79 Å². The van der Waals surface area contributed by atoms with Gasteiger partial charge in [-0.25, -0.2) is 0 Å². The van der Waals surface area contributed by atoms with E-state index in [2.05, 4.69) is 10.2 Å². The summed E-state index contributed by atoms with van der Waals surface area (Å²) in [6.45, 7) is 2.16. The van der Waals surface area contributed by atoms with Crippen LogP contribution in [0, 0.1) is 17.8 Å². The van der Waals surface area contributed by atoms with Gasteiger partial charge in [0.25, 0.3) is 0 Å². The monoisotopic (exact) mass is 290 g/mol. The lowest BCUT2D eigenvalue weighted by atomic mass is 9.85. The van der Waals surface area contributed by atoms with Crippen LogP contribution in [0.25, 0.3) is 0 Å². The highest BCUT2D eigenvalue weighted by Gasteiger charge is 2.42. The Labute approximate surface area is 128 Å². The summed E-state index contributed by atoms with van der Waals surface area (Å²) < 4.78 is 0. The smallest absolute Gasteiger partial charge is 0.223 e. The van der Waals surface area contributed by atoms with Crippen molar-refractivity contribution in [1.82, 2.24) is 10.2 Å². The van der Waals surface area contributed by atoms with Crippen molar-refractivity contribution in [1.29, 1.82) is 0 Å². The van der Waals surface area contributed by atoms with Crippen LogP contribution >= 0.6 is 0 Å². The zero-order valence-corrected chi connectivity index (χ0v) is 13.2. The van der Waals surface area contributed by atoms with Crippen LogP contribution in [0.5, 0.6) is 0 Å². The molecular weight excluding hydrogens is 260 g/mol. The van der Waals surface area contributed by atoms with Gasteiger partial charge < -0.3 is 10.2 Å². The van der Waals surface area contributed by atoms with Crippen molar-refractivity contribution in [3.8, 4) is 0 Å². The summed E-state index contributed by atoms with van der Waals surface area (Å²) in [5.41, 5.74) is 0. The Morgan fingerprint density at radius 2 is 2.00 bits per heavy atom. The third kappa shape index (κ3) is 2.74. The number of hydrogen-bond acceptors (Lipinski definition) is 2. The van der Waals surface area contributed by atoms with Gasteiger partial charge in [-0.05, 0) is 75.7 Å². The molecule has 0 aromatic rings. The standard InChI is InChI=1S/C18H30N2O/c21-18(12-15-11-13-6-7-14(15)10-13)20-9-2-1-5-17(20)16-4-3-8-19-16/h13-17,19H,1-12H2. The molecule has 3 heteroatoms. The third-order valence-corrected chi connectivity index (χ3v) is 6.75. The number of nitrogens with zero attached hydrogens (tertiary/aromatic N) is 1. The highest BCUT2D eigenvalue weighted by atomic mass is 16.2. The van der Waals surface area contributed by atoms with E-state index < -0.39 is 0 Å². The molecule has 0 spiro atoms. The van der Waals surface area contributed by atoms with Crippen LogP contribution in [0.3, 0.4) is 0 Å². The van der Waals surface area contributed by atoms with E-state index in [9.17, 15) is 4.79 Å². The van der Waals surface area contributed by atoms with Crippen LogP contribution in [0.15, 0.2) is 0 Å². The molecule has 118 valence electrons. The van der Waals surface area contributed by atoms with Crippen molar-refractivity contribution < 1.29 is 4.79 Å². The summed E-state index contributed by atoms with van der Waals surface area (Å²) in [6, 6.07) is 1.07. The number of amides is 1. The van der Waals surface area contributed by atoms with Gasteiger partial charge in [-0.15, -0.1) is 0 Å². The number of fused-ring (bicyclic) bond motifs is 2. The summed E-state index contributed by atoms with van der Waals surface area (Å²) in [5.74, 6) is 3.04. The molecule has 2 aliphatic carbocycles. The van der Waals surface area contributed by atoms with Gasteiger partial charge in [0.2, 0.25) is 5.91 Å². The van der Waals surface area contributed by atoms with Crippen molar-refractivity contribution in [2.45, 2.75) is 76.3 Å². The molecule has 2 saturated carbocycles. The lowest BCUT2D eigenvalue weighted by Gasteiger charge is -2.40. The van der Waals surface area contributed by atoms with Gasteiger partial charge in [-0.3, -0.25) is 4.79 Å². The molecular formula is C18H30N2O. The quantitative estimate of drug-likeness (QED) is 0.867. The van der Waals surface area contributed by atoms with Crippen molar-refractivity contribution in [3.63, 3.8) is 0 Å². The van der Waals surface area contributed by atoms with E-state index in [0.717, 1.165) is 37.3 Å². The zero-order valence-electron chi connectivity index (χ0n) is 13.2. The first-order valence-electron chi connectivity index (χ1n) is 9.34. The van der Waals surface area contributed by atoms with Crippen LogP contribution < -0.4 is 5.32 Å². The van der Waals surface area contributed by atoms with Crippen molar-refractivity contribution in [3.05, 3.63) is 0 Å². The average Bonchev–Trinajstić information content (AvgIpc) is 3.25. The summed E-state index contributed by atoms with van der Waals surface area (Å²) in [5, 5.41) is 3.64. The Morgan fingerprint density at radius 1 is 1.05 bits per heavy atom. The maximum atomic E-state index is 12.9. The lowest BCUT2D eigenvalue weighted by molar-refractivity contribution is -0.137. The summed E-state index contributed by atoms with van der Waals surface area (Å²) >= 11 is 0. The topological polar surface area (TPSA) is 32.3 Å². The molecule has 0 radical (unpaired) electrons. The molecule has 4 fully saturated rings. The minimum atomic E-state index is 0.478. The molecule has 21 heavy (non-hydrogen) atoms. The minimum absolute atomic E-state index is 0.478. The molecule has 1 N–H and O–H groups in total. The van der Waals surface area contributed by atoms with Crippen molar-refractivity contribution in [2.75, 3.05) is 13.1 Å². The Bertz CT molecular complexity index is 391. The first kappa shape index (κ1) is 14.0. The molecule has 1 amide bonds. The summed E-state index contributed by atoms with van der Waals surface area (Å²) in [6.07, 6.45) is 12.8. The van der Waals surface area contributed by atoms with E-state index in [4.69, 9.17) is 0 Å². The number of hydrogen-bond donors (Lipinski definition) is 1. The van der Waals surface area contributed by atoms with Gasteiger partial charge in [0, 0.05) is 25.0 Å². The van der Waals surface area contributed by atoms with E-state index in [-0.39, 0.29) is 0 Å². The number of piperidine rings is 1. The maximum absolute atomic E-state index is 12.9. The maximum Gasteiger partial charge on any atom is 0.223 e. The number of carbonyl (C=O) groups excluding carboxylic acids is 1. The predicted octanol–water partition coefficient (Wildman–Crippen LogP) is 2.95. The number of nitrogens with one attached hydrogen (secondary N) is 1. The van der Waals surface area contributed by atoms with Gasteiger partial charge in [-0.1, -0.05) is 6.42 Å². The molecule has 2 saturated heterocycles. The highest BCUT2D eigenvalue weighted by Crippen LogP contribution is 2.49. The Kier molecular flexibility index (Phi) is 3.95. The molecule has 2 aliphatic heterocycles. The molecule has 0 aromatic heterocycles. The molecule has 4 rings (SSSR count). The second kappa shape index (κ2) is 5.91. The first-order chi connectivity index (χ1) is 10.3. The number of likely N-dealkylation sites (tertiary alicyclic amines) is 1. The Morgan fingerprint density at radius 3 is 2.71 bits per heavy atom. The lowest BCUT2D eigenvalue weighted by Crippen LogP contribution is -2.52. The van der Waals surface area contributed by atoms with Crippen LogP contribution in [0.1, 0.15) is 64.2 Å². The summed E-state index contributed by atoms with van der Waals surface area (Å²) in [4.78, 5) is 15.2. The molecule has 4 aliphatic rings. The average molecular weight is 290 g/mol. The number of carbonyl (C=O) groups is 1. The SMILES string of the molecule is O=C(CC1CC2CCC1C2)N1CCCCC1C1CCCN1. The third-order valence-electron chi connectivity index (χ3n) is 6.75. The van der Waals surface area contributed by atoms with E-state index in [0.29, 0.717) is 18.0 Å². The fraction of sp³-hybridized carbons (Fsp3) is 0.944. The van der Waals surface area contributed by atoms with E-state index in [1.807, 2.05) is 0 Å². The van der Waals surface area contributed by atoms with Gasteiger partial charge in [0.1, 0.15) is 0 Å².